The number of ketones is 1. The van der Waals surface area contributed by atoms with Crippen molar-refractivity contribution >= 4 is 23.4 Å². The van der Waals surface area contributed by atoms with E-state index in [4.69, 9.17) is 21.4 Å². The minimum Gasteiger partial charge on any atom is -0.462 e. The minimum atomic E-state index is -0.542. The van der Waals surface area contributed by atoms with Crippen molar-refractivity contribution in [2.24, 2.45) is 0 Å². The van der Waals surface area contributed by atoms with Crippen molar-refractivity contribution in [3.63, 3.8) is 0 Å². The van der Waals surface area contributed by atoms with Crippen LogP contribution >= 0.6 is 11.6 Å². The molecule has 0 aliphatic carbocycles. The molecule has 0 saturated heterocycles. The zero-order chi connectivity index (χ0) is 13.5. The largest absolute Gasteiger partial charge is 0.462 e. The predicted octanol–water partition coefficient (Wildman–Crippen LogP) is 2.17. The highest BCUT2D eigenvalue weighted by atomic mass is 35.5. The van der Waals surface area contributed by atoms with Crippen LogP contribution in [0.4, 0.5) is 0 Å². The first-order valence-corrected chi connectivity index (χ1v) is 6.17. The van der Waals surface area contributed by atoms with Gasteiger partial charge in [-0.25, -0.2) is 4.79 Å². The molecule has 18 heavy (non-hydrogen) atoms. The molecule has 0 fully saturated rings. The van der Waals surface area contributed by atoms with E-state index in [9.17, 15) is 9.59 Å². The van der Waals surface area contributed by atoms with Crippen LogP contribution in [-0.4, -0.2) is 29.3 Å². The van der Waals surface area contributed by atoms with Gasteiger partial charge in [0.05, 0.1) is 18.8 Å². The molecule has 0 aliphatic rings. The Morgan fingerprint density at radius 2 is 2.06 bits per heavy atom. The van der Waals surface area contributed by atoms with Gasteiger partial charge in [-0.1, -0.05) is 6.07 Å². The standard InChI is InChI=1S/C13H15ClO4/c1-2-18-13(17)10-4-3-9(8-15)7-11(10)12(16)5-6-14/h3-4,7,15H,2,5-6,8H2,1H3. The van der Waals surface area contributed by atoms with E-state index >= 15 is 0 Å². The smallest absolute Gasteiger partial charge is 0.338 e. The highest BCUT2D eigenvalue weighted by molar-refractivity contribution is 6.20. The number of hydrogen-bond donors (Lipinski definition) is 1. The highest BCUT2D eigenvalue weighted by Gasteiger charge is 2.18. The number of Topliss-reactive ketones (excluding diaryl/α,β-unsaturated/α-hetero) is 1. The molecule has 1 N–H and O–H groups in total. The number of benzene rings is 1. The molecule has 0 spiro atoms. The second kappa shape index (κ2) is 7.13. The van der Waals surface area contributed by atoms with Crippen LogP contribution in [0.2, 0.25) is 0 Å². The van der Waals surface area contributed by atoms with Gasteiger partial charge in [0, 0.05) is 17.9 Å². The third-order valence-corrected chi connectivity index (χ3v) is 2.57. The number of alkyl halides is 1. The molecular weight excluding hydrogens is 256 g/mol. The highest BCUT2D eigenvalue weighted by Crippen LogP contribution is 2.16. The van der Waals surface area contributed by atoms with E-state index in [0.29, 0.717) is 5.56 Å². The summed E-state index contributed by atoms with van der Waals surface area (Å²) in [6, 6.07) is 4.58. The fourth-order valence-corrected chi connectivity index (χ4v) is 1.70. The van der Waals surface area contributed by atoms with Crippen molar-refractivity contribution in [1.29, 1.82) is 0 Å². The summed E-state index contributed by atoms with van der Waals surface area (Å²) >= 11 is 5.53. The zero-order valence-electron chi connectivity index (χ0n) is 10.1. The van der Waals surface area contributed by atoms with Crippen LogP contribution in [0.5, 0.6) is 0 Å². The van der Waals surface area contributed by atoms with Crippen molar-refractivity contribution in [2.75, 3.05) is 12.5 Å². The summed E-state index contributed by atoms with van der Waals surface area (Å²) in [6.45, 7) is 1.74. The van der Waals surface area contributed by atoms with Gasteiger partial charge in [0.1, 0.15) is 0 Å². The molecule has 98 valence electrons. The van der Waals surface area contributed by atoms with Crippen molar-refractivity contribution in [1.82, 2.24) is 0 Å². The molecule has 1 rings (SSSR count). The first-order chi connectivity index (χ1) is 8.63. The van der Waals surface area contributed by atoms with E-state index in [1.807, 2.05) is 0 Å². The van der Waals surface area contributed by atoms with E-state index in [1.54, 1.807) is 13.0 Å². The first-order valence-electron chi connectivity index (χ1n) is 5.64. The van der Waals surface area contributed by atoms with Crippen molar-refractivity contribution in [3.05, 3.63) is 34.9 Å². The zero-order valence-corrected chi connectivity index (χ0v) is 10.9. The number of rotatable bonds is 6. The first kappa shape index (κ1) is 14.7. The fraction of sp³-hybridized carbons (Fsp3) is 0.385. The van der Waals surface area contributed by atoms with Gasteiger partial charge in [-0.15, -0.1) is 11.6 Å². The molecule has 0 heterocycles. The molecule has 0 aromatic heterocycles. The quantitative estimate of drug-likeness (QED) is 0.489. The number of aliphatic hydroxyl groups excluding tert-OH is 1. The van der Waals surface area contributed by atoms with E-state index in [2.05, 4.69) is 0 Å². The number of esters is 1. The van der Waals surface area contributed by atoms with Gasteiger partial charge in [0.15, 0.2) is 5.78 Å². The Bertz CT molecular complexity index is 443. The summed E-state index contributed by atoms with van der Waals surface area (Å²) in [5.41, 5.74) is 1.03. The number of ether oxygens (including phenoxy) is 1. The average molecular weight is 271 g/mol. The molecule has 0 unspecified atom stereocenters. The third-order valence-electron chi connectivity index (χ3n) is 2.38. The minimum absolute atomic E-state index is 0.142. The van der Waals surface area contributed by atoms with Crippen LogP contribution in [0.1, 0.15) is 39.6 Å². The molecule has 4 nitrogen and oxygen atoms in total. The molecule has 5 heteroatoms. The monoisotopic (exact) mass is 270 g/mol. The Morgan fingerprint density at radius 3 is 2.61 bits per heavy atom. The summed E-state index contributed by atoms with van der Waals surface area (Å²) in [6.07, 6.45) is 0.142. The summed E-state index contributed by atoms with van der Waals surface area (Å²) in [7, 11) is 0. The topological polar surface area (TPSA) is 63.6 Å². The Kier molecular flexibility index (Phi) is 5.82. The molecule has 1 aromatic carbocycles. The predicted molar refractivity (Wildman–Crippen MR) is 68.0 cm³/mol. The van der Waals surface area contributed by atoms with Crippen LogP contribution in [0, 0.1) is 0 Å². The number of hydrogen-bond acceptors (Lipinski definition) is 4. The average Bonchev–Trinajstić information content (AvgIpc) is 2.38. The summed E-state index contributed by atoms with van der Waals surface area (Å²) in [4.78, 5) is 23.6. The number of aliphatic hydroxyl groups is 1. The van der Waals surface area contributed by atoms with Gasteiger partial charge >= 0.3 is 5.97 Å². The van der Waals surface area contributed by atoms with Crippen LogP contribution in [0.25, 0.3) is 0 Å². The summed E-state index contributed by atoms with van der Waals surface area (Å²) in [5.74, 6) is -0.590. The Balaban J connectivity index is 3.15. The van der Waals surface area contributed by atoms with Crippen molar-refractivity contribution in [2.45, 2.75) is 20.0 Å². The lowest BCUT2D eigenvalue weighted by Gasteiger charge is -2.09. The molecule has 0 radical (unpaired) electrons. The van der Waals surface area contributed by atoms with E-state index < -0.39 is 5.97 Å². The normalized spacial score (nSPS) is 10.2. The molecule has 0 amide bonds. The van der Waals surface area contributed by atoms with Gasteiger partial charge in [-0.2, -0.15) is 0 Å². The van der Waals surface area contributed by atoms with E-state index in [1.165, 1.54) is 12.1 Å². The second-order valence-corrected chi connectivity index (χ2v) is 4.00. The van der Waals surface area contributed by atoms with Crippen LogP contribution in [-0.2, 0) is 11.3 Å². The van der Waals surface area contributed by atoms with E-state index in [-0.39, 0.29) is 42.4 Å². The maximum atomic E-state index is 11.9. The van der Waals surface area contributed by atoms with Crippen molar-refractivity contribution in [3.8, 4) is 0 Å². The van der Waals surface area contributed by atoms with Gasteiger partial charge in [0.25, 0.3) is 0 Å². The van der Waals surface area contributed by atoms with Gasteiger partial charge < -0.3 is 9.84 Å². The van der Waals surface area contributed by atoms with Crippen LogP contribution in [0.3, 0.4) is 0 Å². The summed E-state index contributed by atoms with van der Waals surface area (Å²) < 4.78 is 4.88. The maximum absolute atomic E-state index is 11.9. The Morgan fingerprint density at radius 1 is 1.33 bits per heavy atom. The molecule has 0 atom stereocenters. The van der Waals surface area contributed by atoms with Crippen molar-refractivity contribution < 1.29 is 19.4 Å². The Hall–Kier alpha value is -1.39. The van der Waals surface area contributed by atoms with Gasteiger partial charge in [-0.05, 0) is 24.6 Å². The Labute approximate surface area is 111 Å². The number of carbonyl (C=O) groups is 2. The lowest BCUT2D eigenvalue weighted by molar-refractivity contribution is 0.0523. The maximum Gasteiger partial charge on any atom is 0.338 e. The summed E-state index contributed by atoms with van der Waals surface area (Å²) in [5, 5.41) is 9.05. The van der Waals surface area contributed by atoms with Crippen LogP contribution < -0.4 is 0 Å². The fourth-order valence-electron chi connectivity index (χ4n) is 1.53. The van der Waals surface area contributed by atoms with Gasteiger partial charge in [0.2, 0.25) is 0 Å². The lowest BCUT2D eigenvalue weighted by atomic mass is 9.99. The third kappa shape index (κ3) is 3.55. The van der Waals surface area contributed by atoms with E-state index in [0.717, 1.165) is 0 Å². The molecule has 0 aliphatic heterocycles. The SMILES string of the molecule is CCOC(=O)c1ccc(CO)cc1C(=O)CCCl. The molecular formula is C13H15ClO4. The molecule has 0 saturated carbocycles. The number of carbonyl (C=O) groups excluding carboxylic acids is 2. The van der Waals surface area contributed by atoms with Gasteiger partial charge in [-0.3, -0.25) is 4.79 Å². The second-order valence-electron chi connectivity index (χ2n) is 3.62. The van der Waals surface area contributed by atoms with Crippen LogP contribution in [0.15, 0.2) is 18.2 Å². The number of halogens is 1. The molecule has 0 bridgehead atoms. The molecule has 1 aromatic rings. The lowest BCUT2D eigenvalue weighted by Crippen LogP contribution is -2.13.